The van der Waals surface area contributed by atoms with Gasteiger partial charge in [0.1, 0.15) is 11.3 Å². The maximum absolute atomic E-state index is 12.8. The summed E-state index contributed by atoms with van der Waals surface area (Å²) in [6, 6.07) is 4.14. The molecular formula is C15H22N2O5S. The predicted molar refractivity (Wildman–Crippen MR) is 84.9 cm³/mol. The van der Waals surface area contributed by atoms with Crippen molar-refractivity contribution in [2.24, 2.45) is 11.1 Å². The summed E-state index contributed by atoms with van der Waals surface area (Å²) in [6.45, 7) is 3.22. The van der Waals surface area contributed by atoms with E-state index in [9.17, 15) is 13.2 Å². The number of ether oxygens (including phenoxy) is 2. The van der Waals surface area contributed by atoms with Crippen molar-refractivity contribution in [3.63, 3.8) is 0 Å². The van der Waals surface area contributed by atoms with Crippen LogP contribution in [0.2, 0.25) is 0 Å². The average Bonchev–Trinajstić information content (AvgIpc) is 2.97. The van der Waals surface area contributed by atoms with Crippen LogP contribution in [0.15, 0.2) is 23.1 Å². The first-order chi connectivity index (χ1) is 10.8. The summed E-state index contributed by atoms with van der Waals surface area (Å²) in [5, 5.41) is 0. The molecule has 2 rings (SSSR count). The molecule has 0 aliphatic carbocycles. The van der Waals surface area contributed by atoms with Crippen molar-refractivity contribution in [1.82, 2.24) is 4.31 Å². The lowest BCUT2D eigenvalue weighted by atomic mass is 9.90. The quantitative estimate of drug-likeness (QED) is 0.796. The van der Waals surface area contributed by atoms with Crippen LogP contribution in [0.25, 0.3) is 0 Å². The van der Waals surface area contributed by atoms with E-state index in [1.165, 1.54) is 36.7 Å². The van der Waals surface area contributed by atoms with Gasteiger partial charge in [0.15, 0.2) is 0 Å². The highest BCUT2D eigenvalue weighted by molar-refractivity contribution is 7.89. The minimum absolute atomic E-state index is 0.0864. The molecular weight excluding hydrogens is 320 g/mol. The predicted octanol–water partition coefficient (Wildman–Crippen LogP) is 0.841. The molecule has 1 fully saturated rings. The Labute approximate surface area is 136 Å². The van der Waals surface area contributed by atoms with E-state index in [2.05, 4.69) is 4.74 Å². The van der Waals surface area contributed by atoms with Crippen molar-refractivity contribution in [3.05, 3.63) is 23.8 Å². The van der Waals surface area contributed by atoms with Crippen molar-refractivity contribution in [3.8, 4) is 5.75 Å². The van der Waals surface area contributed by atoms with Gasteiger partial charge < -0.3 is 15.2 Å². The maximum atomic E-state index is 12.8. The SMILES string of the molecule is COC(=O)c1ccc(S(=O)(=O)N2CCC(C)(CN)C2)cc1OC. The van der Waals surface area contributed by atoms with E-state index >= 15 is 0 Å². The molecule has 0 aromatic heterocycles. The molecule has 8 heteroatoms. The summed E-state index contributed by atoms with van der Waals surface area (Å²) < 4.78 is 36.7. The Morgan fingerprint density at radius 2 is 2.09 bits per heavy atom. The molecule has 23 heavy (non-hydrogen) atoms. The lowest BCUT2D eigenvalue weighted by molar-refractivity contribution is 0.0597. The largest absolute Gasteiger partial charge is 0.496 e. The number of benzene rings is 1. The maximum Gasteiger partial charge on any atom is 0.341 e. The summed E-state index contributed by atoms with van der Waals surface area (Å²) in [5.41, 5.74) is 5.71. The number of esters is 1. The monoisotopic (exact) mass is 342 g/mol. The van der Waals surface area contributed by atoms with E-state index in [4.69, 9.17) is 10.5 Å². The van der Waals surface area contributed by atoms with E-state index in [-0.39, 0.29) is 21.6 Å². The number of nitrogens with two attached hydrogens (primary N) is 1. The summed E-state index contributed by atoms with van der Waals surface area (Å²) in [7, 11) is -1.03. The fourth-order valence-electron chi connectivity index (χ4n) is 2.61. The van der Waals surface area contributed by atoms with Gasteiger partial charge in [-0.1, -0.05) is 6.92 Å². The van der Waals surface area contributed by atoms with Crippen molar-refractivity contribution < 1.29 is 22.7 Å². The Bertz CT molecular complexity index is 704. The number of nitrogens with zero attached hydrogens (tertiary/aromatic N) is 1. The van der Waals surface area contributed by atoms with Gasteiger partial charge in [0.2, 0.25) is 10.0 Å². The number of carbonyl (C=O) groups is 1. The third-order valence-electron chi connectivity index (χ3n) is 4.23. The lowest BCUT2D eigenvalue weighted by Gasteiger charge is -2.22. The zero-order chi connectivity index (χ0) is 17.3. The van der Waals surface area contributed by atoms with E-state index < -0.39 is 16.0 Å². The minimum atomic E-state index is -3.66. The van der Waals surface area contributed by atoms with Crippen molar-refractivity contribution in [2.45, 2.75) is 18.2 Å². The highest BCUT2D eigenvalue weighted by Crippen LogP contribution is 2.33. The van der Waals surface area contributed by atoms with Gasteiger partial charge in [0, 0.05) is 19.2 Å². The summed E-state index contributed by atoms with van der Waals surface area (Å²) >= 11 is 0. The molecule has 7 nitrogen and oxygen atoms in total. The molecule has 0 radical (unpaired) electrons. The van der Waals surface area contributed by atoms with Gasteiger partial charge in [-0.2, -0.15) is 4.31 Å². The normalized spacial score (nSPS) is 22.1. The lowest BCUT2D eigenvalue weighted by Crippen LogP contribution is -2.34. The molecule has 1 aliphatic heterocycles. The van der Waals surface area contributed by atoms with E-state index in [0.29, 0.717) is 19.6 Å². The fourth-order valence-corrected chi connectivity index (χ4v) is 4.22. The topological polar surface area (TPSA) is 98.9 Å². The highest BCUT2D eigenvalue weighted by atomic mass is 32.2. The van der Waals surface area contributed by atoms with Crippen molar-refractivity contribution in [1.29, 1.82) is 0 Å². The average molecular weight is 342 g/mol. The van der Waals surface area contributed by atoms with E-state index in [0.717, 1.165) is 6.42 Å². The second-order valence-corrected chi connectivity index (χ2v) is 7.89. The molecule has 0 saturated carbocycles. The third-order valence-corrected chi connectivity index (χ3v) is 6.07. The first-order valence-corrected chi connectivity index (χ1v) is 8.68. The van der Waals surface area contributed by atoms with Gasteiger partial charge in [-0.25, -0.2) is 13.2 Å². The number of rotatable bonds is 5. The fraction of sp³-hybridized carbons (Fsp3) is 0.533. The summed E-state index contributed by atoms with van der Waals surface area (Å²) in [4.78, 5) is 11.7. The van der Waals surface area contributed by atoms with Crippen LogP contribution < -0.4 is 10.5 Å². The zero-order valence-electron chi connectivity index (χ0n) is 13.5. The first-order valence-electron chi connectivity index (χ1n) is 7.24. The Hall–Kier alpha value is -1.64. The number of hydrogen-bond acceptors (Lipinski definition) is 6. The van der Waals surface area contributed by atoms with Crippen molar-refractivity contribution >= 4 is 16.0 Å². The van der Waals surface area contributed by atoms with Crippen LogP contribution >= 0.6 is 0 Å². The molecule has 2 N–H and O–H groups in total. The van der Waals surface area contributed by atoms with Gasteiger partial charge in [0.25, 0.3) is 0 Å². The molecule has 1 aromatic carbocycles. The van der Waals surface area contributed by atoms with Crippen LogP contribution in [0, 0.1) is 5.41 Å². The van der Waals surface area contributed by atoms with Crippen LogP contribution in [0.5, 0.6) is 5.75 Å². The molecule has 1 aromatic rings. The molecule has 128 valence electrons. The number of hydrogen-bond donors (Lipinski definition) is 1. The Morgan fingerprint density at radius 3 is 2.61 bits per heavy atom. The van der Waals surface area contributed by atoms with E-state index in [1.54, 1.807) is 0 Å². The molecule has 1 saturated heterocycles. The van der Waals surface area contributed by atoms with Crippen LogP contribution in [0.3, 0.4) is 0 Å². The van der Waals surface area contributed by atoms with Gasteiger partial charge in [-0.15, -0.1) is 0 Å². The van der Waals surface area contributed by atoms with Crippen LogP contribution in [-0.2, 0) is 14.8 Å². The Balaban J connectivity index is 2.36. The van der Waals surface area contributed by atoms with Gasteiger partial charge >= 0.3 is 5.97 Å². The molecule has 1 unspecified atom stereocenters. The summed E-state index contributed by atoms with van der Waals surface area (Å²) in [6.07, 6.45) is 0.722. The minimum Gasteiger partial charge on any atom is -0.496 e. The number of methoxy groups -OCH3 is 2. The Morgan fingerprint density at radius 1 is 1.39 bits per heavy atom. The number of sulfonamides is 1. The van der Waals surface area contributed by atoms with Crippen LogP contribution in [0.4, 0.5) is 0 Å². The molecule has 0 amide bonds. The van der Waals surface area contributed by atoms with Crippen LogP contribution in [0.1, 0.15) is 23.7 Å². The number of carbonyl (C=O) groups excluding carboxylic acids is 1. The molecule has 1 heterocycles. The van der Waals surface area contributed by atoms with Crippen molar-refractivity contribution in [2.75, 3.05) is 33.9 Å². The first kappa shape index (κ1) is 17.7. The van der Waals surface area contributed by atoms with Gasteiger partial charge in [-0.3, -0.25) is 0 Å². The molecule has 1 atom stereocenters. The molecule has 1 aliphatic rings. The molecule has 0 bridgehead atoms. The van der Waals surface area contributed by atoms with Gasteiger partial charge in [-0.05, 0) is 30.5 Å². The molecule has 0 spiro atoms. The Kier molecular flexibility index (Phi) is 4.98. The third kappa shape index (κ3) is 3.34. The van der Waals surface area contributed by atoms with Crippen LogP contribution in [-0.4, -0.2) is 52.5 Å². The van der Waals surface area contributed by atoms with E-state index in [1.807, 2.05) is 6.92 Å². The smallest absolute Gasteiger partial charge is 0.341 e. The zero-order valence-corrected chi connectivity index (χ0v) is 14.4. The second-order valence-electron chi connectivity index (χ2n) is 5.96. The standard InChI is InChI=1S/C15H22N2O5S/c1-15(9-16)6-7-17(10-15)23(19,20)11-4-5-12(14(18)22-3)13(8-11)21-2/h4-5,8H,6-7,9-10,16H2,1-3H3. The van der Waals surface area contributed by atoms with Gasteiger partial charge in [0.05, 0.1) is 19.1 Å². The highest BCUT2D eigenvalue weighted by Gasteiger charge is 2.39. The summed E-state index contributed by atoms with van der Waals surface area (Å²) in [5.74, 6) is -0.415. The second kappa shape index (κ2) is 6.46.